The molecule has 0 bridgehead atoms. The Labute approximate surface area is 132 Å². The van der Waals surface area contributed by atoms with Gasteiger partial charge in [-0.2, -0.15) is 4.08 Å². The average Bonchev–Trinajstić information content (AvgIpc) is 2.45. The SMILES string of the molecule is CS/C(C)=N/OC(=O)NCSN(C)P1(=S)OCCCO1. The molecule has 1 heterocycles. The van der Waals surface area contributed by atoms with E-state index < -0.39 is 12.7 Å². The number of carbonyl (C=O) groups is 1. The van der Waals surface area contributed by atoms with Crippen LogP contribution in [0.5, 0.6) is 0 Å². The molecule has 0 aromatic heterocycles. The van der Waals surface area contributed by atoms with Crippen molar-refractivity contribution in [1.29, 1.82) is 0 Å². The van der Waals surface area contributed by atoms with Crippen LogP contribution in [0.1, 0.15) is 13.3 Å². The third kappa shape index (κ3) is 6.30. The van der Waals surface area contributed by atoms with Crippen LogP contribution in [0.4, 0.5) is 4.79 Å². The Morgan fingerprint density at radius 2 is 2.20 bits per heavy atom. The first-order chi connectivity index (χ1) is 9.48. The van der Waals surface area contributed by atoms with Gasteiger partial charge in [0, 0.05) is 7.05 Å². The highest BCUT2D eigenvalue weighted by atomic mass is 32.5. The second-order valence-electron chi connectivity index (χ2n) is 3.60. The van der Waals surface area contributed by atoms with Crippen molar-refractivity contribution in [3.63, 3.8) is 0 Å². The van der Waals surface area contributed by atoms with Gasteiger partial charge in [-0.3, -0.25) is 4.84 Å². The first-order valence-electron chi connectivity index (χ1n) is 5.77. The first-order valence-corrected chi connectivity index (χ1v) is 10.5. The van der Waals surface area contributed by atoms with E-state index in [1.165, 1.54) is 23.7 Å². The van der Waals surface area contributed by atoms with E-state index in [2.05, 4.69) is 15.3 Å². The van der Waals surface area contributed by atoms with Crippen LogP contribution in [0.3, 0.4) is 0 Å². The molecule has 0 atom stereocenters. The minimum absolute atomic E-state index is 0.300. The predicted molar refractivity (Wildman–Crippen MR) is 87.3 cm³/mol. The number of hydrogen-bond acceptors (Lipinski definition) is 8. The molecule has 0 unspecified atom stereocenters. The topological polar surface area (TPSA) is 72.4 Å². The maximum Gasteiger partial charge on any atom is 0.434 e. The summed E-state index contributed by atoms with van der Waals surface area (Å²) in [5.41, 5.74) is 0. The normalized spacial score (nSPS) is 18.9. The predicted octanol–water partition coefficient (Wildman–Crippen LogP) is 2.61. The van der Waals surface area contributed by atoms with E-state index in [-0.39, 0.29) is 0 Å². The summed E-state index contributed by atoms with van der Waals surface area (Å²) < 4.78 is 12.8. The summed E-state index contributed by atoms with van der Waals surface area (Å²) in [6.07, 6.45) is 2.09. The van der Waals surface area contributed by atoms with E-state index in [1.54, 1.807) is 18.0 Å². The van der Waals surface area contributed by atoms with Gasteiger partial charge in [0.2, 0.25) is 0 Å². The second kappa shape index (κ2) is 9.24. The third-order valence-electron chi connectivity index (χ3n) is 2.16. The lowest BCUT2D eigenvalue weighted by Crippen LogP contribution is -2.25. The molecular weight excluding hydrogens is 341 g/mol. The van der Waals surface area contributed by atoms with Crippen LogP contribution in [0.2, 0.25) is 0 Å². The zero-order valence-corrected chi connectivity index (χ0v) is 14.9. The first kappa shape index (κ1) is 18.2. The highest BCUT2D eigenvalue weighted by Crippen LogP contribution is 2.56. The van der Waals surface area contributed by atoms with E-state index in [0.717, 1.165) is 6.42 Å². The van der Waals surface area contributed by atoms with Gasteiger partial charge in [0.25, 0.3) is 6.64 Å². The fraction of sp³-hybridized carbons (Fsp3) is 0.778. The summed E-state index contributed by atoms with van der Waals surface area (Å²) in [6.45, 7) is 0.583. The molecule has 0 radical (unpaired) electrons. The standard InChI is InChI=1S/C9H18N3O4PS3/c1-8(19-3)11-16-9(13)10-7-20-12(2)17(18)14-5-4-6-15-17/h4-7H2,1-3H3,(H,10,13)/b11-8+. The number of oxime groups is 1. The number of rotatable bonds is 5. The van der Waals surface area contributed by atoms with Gasteiger partial charge in [0.1, 0.15) is 5.04 Å². The fourth-order valence-electron chi connectivity index (χ4n) is 1.05. The van der Waals surface area contributed by atoms with Crippen LogP contribution in [0, 0.1) is 0 Å². The molecule has 20 heavy (non-hydrogen) atoms. The van der Waals surface area contributed by atoms with Crippen LogP contribution in [-0.4, -0.2) is 47.6 Å². The van der Waals surface area contributed by atoms with Gasteiger partial charge in [-0.05, 0) is 43.4 Å². The zero-order valence-electron chi connectivity index (χ0n) is 11.5. The lowest BCUT2D eigenvalue weighted by atomic mass is 10.5. The number of hydrogen-bond donors (Lipinski definition) is 1. The Morgan fingerprint density at radius 3 is 2.80 bits per heavy atom. The van der Waals surface area contributed by atoms with Crippen molar-refractivity contribution >= 4 is 53.3 Å². The summed E-state index contributed by atoms with van der Waals surface area (Å²) in [6, 6.07) is 0. The maximum absolute atomic E-state index is 11.3. The molecule has 1 amide bonds. The van der Waals surface area contributed by atoms with Gasteiger partial charge in [-0.15, -0.1) is 11.8 Å². The molecule has 1 N–H and O–H groups in total. The van der Waals surface area contributed by atoms with E-state index in [9.17, 15) is 4.79 Å². The van der Waals surface area contributed by atoms with Gasteiger partial charge in [-0.1, -0.05) is 5.16 Å². The van der Waals surface area contributed by atoms with E-state index in [1.807, 2.05) is 6.26 Å². The van der Waals surface area contributed by atoms with Crippen LogP contribution in [0.25, 0.3) is 0 Å². The summed E-state index contributed by atoms with van der Waals surface area (Å²) in [5, 5.41) is 6.85. The summed E-state index contributed by atoms with van der Waals surface area (Å²) in [4.78, 5) is 16.0. The minimum atomic E-state index is -2.39. The second-order valence-corrected chi connectivity index (χ2v) is 9.40. The molecule has 7 nitrogen and oxygen atoms in total. The Morgan fingerprint density at radius 1 is 1.55 bits per heavy atom. The number of nitrogens with one attached hydrogen (secondary N) is 1. The van der Waals surface area contributed by atoms with Crippen molar-refractivity contribution in [3.8, 4) is 0 Å². The molecule has 1 aliphatic heterocycles. The molecule has 1 saturated heterocycles. The molecule has 116 valence electrons. The number of thioether (sulfide) groups is 1. The Balaban J connectivity index is 2.26. The molecular formula is C9H18N3O4PS3. The number of carbonyl (C=O) groups excluding carboxylic acids is 1. The Hall–Kier alpha value is 0.170. The van der Waals surface area contributed by atoms with Gasteiger partial charge < -0.3 is 14.4 Å². The largest absolute Gasteiger partial charge is 0.434 e. The maximum atomic E-state index is 11.3. The zero-order chi connectivity index (χ0) is 15.0. The lowest BCUT2D eigenvalue weighted by molar-refractivity contribution is 0.152. The fourth-order valence-corrected chi connectivity index (χ4v) is 4.54. The van der Waals surface area contributed by atoms with Gasteiger partial charge in [-0.25, -0.2) is 4.79 Å². The van der Waals surface area contributed by atoms with Crippen LogP contribution in [-0.2, 0) is 25.7 Å². The summed E-state index contributed by atoms with van der Waals surface area (Å²) in [5.74, 6) is 0.300. The molecule has 11 heteroatoms. The average molecular weight is 359 g/mol. The number of nitrogens with zero attached hydrogens (tertiary/aromatic N) is 2. The molecule has 0 aromatic carbocycles. The van der Waals surface area contributed by atoms with E-state index in [0.29, 0.717) is 24.1 Å². The summed E-state index contributed by atoms with van der Waals surface area (Å²) >= 11 is 8.08. The Bertz CT molecular complexity index is 400. The van der Waals surface area contributed by atoms with Gasteiger partial charge in [0.05, 0.1) is 19.1 Å². The molecule has 1 rings (SSSR count). The van der Waals surface area contributed by atoms with Crippen molar-refractivity contribution < 1.29 is 18.7 Å². The quantitative estimate of drug-likeness (QED) is 0.153. The van der Waals surface area contributed by atoms with E-state index >= 15 is 0 Å². The number of amides is 1. The molecule has 0 aliphatic carbocycles. The monoisotopic (exact) mass is 359 g/mol. The van der Waals surface area contributed by atoms with Crippen molar-refractivity contribution in [2.45, 2.75) is 13.3 Å². The van der Waals surface area contributed by atoms with Crippen molar-refractivity contribution in [1.82, 2.24) is 9.39 Å². The lowest BCUT2D eigenvalue weighted by Gasteiger charge is -2.32. The molecule has 1 aliphatic rings. The van der Waals surface area contributed by atoms with Crippen molar-refractivity contribution in [2.75, 3.05) is 32.4 Å². The highest BCUT2D eigenvalue weighted by Gasteiger charge is 2.28. The molecule has 0 spiro atoms. The van der Waals surface area contributed by atoms with Crippen molar-refractivity contribution in [2.24, 2.45) is 5.16 Å². The molecule has 0 saturated carbocycles. The summed E-state index contributed by atoms with van der Waals surface area (Å²) in [7, 11) is 1.79. The molecule has 0 aromatic rings. The highest BCUT2D eigenvalue weighted by molar-refractivity contribution is 8.15. The smallest absolute Gasteiger partial charge is 0.317 e. The Kier molecular flexibility index (Phi) is 8.42. The minimum Gasteiger partial charge on any atom is -0.317 e. The van der Waals surface area contributed by atoms with E-state index in [4.69, 9.17) is 20.9 Å². The van der Waals surface area contributed by atoms with Crippen LogP contribution >= 0.6 is 30.4 Å². The van der Waals surface area contributed by atoms with Crippen LogP contribution < -0.4 is 5.32 Å². The van der Waals surface area contributed by atoms with Gasteiger partial charge in [0.15, 0.2) is 0 Å². The van der Waals surface area contributed by atoms with Crippen molar-refractivity contribution in [3.05, 3.63) is 0 Å². The van der Waals surface area contributed by atoms with Gasteiger partial charge >= 0.3 is 6.09 Å². The van der Waals surface area contributed by atoms with Crippen LogP contribution in [0.15, 0.2) is 5.16 Å². The molecule has 1 fully saturated rings. The third-order valence-corrected chi connectivity index (χ3v) is 7.85.